The summed E-state index contributed by atoms with van der Waals surface area (Å²) in [5.41, 5.74) is 0.721. The summed E-state index contributed by atoms with van der Waals surface area (Å²) < 4.78 is 11.5. The number of nitrogens with one attached hydrogen (secondary N) is 1. The first-order valence-electron chi connectivity index (χ1n) is 10.3. The van der Waals surface area contributed by atoms with Gasteiger partial charge in [-0.15, -0.1) is 0 Å². The van der Waals surface area contributed by atoms with Crippen LogP contribution < -0.4 is 14.8 Å². The van der Waals surface area contributed by atoms with Crippen LogP contribution in [0.4, 0.5) is 0 Å². The molecule has 0 aliphatic heterocycles. The molecule has 0 unspecified atom stereocenters. The van der Waals surface area contributed by atoms with Crippen molar-refractivity contribution in [3.8, 4) is 11.5 Å². The van der Waals surface area contributed by atoms with Crippen LogP contribution in [-0.2, 0) is 0 Å². The summed E-state index contributed by atoms with van der Waals surface area (Å²) in [6, 6.07) is 5.40. The molecule has 1 aromatic rings. The van der Waals surface area contributed by atoms with Gasteiger partial charge in [0.2, 0.25) is 0 Å². The van der Waals surface area contributed by atoms with Gasteiger partial charge in [0.25, 0.3) is 5.91 Å². The Kier molecular flexibility index (Phi) is 8.42. The average molecular weight is 378 g/mol. The molecule has 1 saturated carbocycles. The molecule has 0 radical (unpaired) electrons. The predicted molar refractivity (Wildman–Crippen MR) is 107 cm³/mol. The summed E-state index contributed by atoms with van der Waals surface area (Å²) in [5, 5.41) is 12.4. The van der Waals surface area contributed by atoms with E-state index >= 15 is 0 Å². The van der Waals surface area contributed by atoms with E-state index in [1.165, 1.54) is 6.42 Å². The normalized spacial score (nSPS) is 16.3. The van der Waals surface area contributed by atoms with Crippen molar-refractivity contribution >= 4 is 5.91 Å². The quantitative estimate of drug-likeness (QED) is 0.573. The zero-order valence-electron chi connectivity index (χ0n) is 17.1. The van der Waals surface area contributed by atoms with Gasteiger partial charge < -0.3 is 19.9 Å². The molecule has 5 nitrogen and oxygen atoms in total. The number of aliphatic hydroxyl groups is 1. The van der Waals surface area contributed by atoms with Gasteiger partial charge in [0, 0.05) is 18.7 Å². The van der Waals surface area contributed by atoms with Crippen molar-refractivity contribution in [3.05, 3.63) is 23.8 Å². The average Bonchev–Trinajstić information content (AvgIpc) is 2.64. The number of rotatable bonds is 12. The standard InChI is InChI=1S/C22H35NO4/c1-4-13-26-19-8-7-18(15-20(19)27-14-5-2)21(25)23-16-22(10-6-11-22)17(3)9-12-24/h7-8,15,17,24H,4-6,9-14,16H2,1-3H3,(H,23,25)/t17-/m1/s1. The lowest BCUT2D eigenvalue weighted by atomic mass is 9.60. The lowest BCUT2D eigenvalue weighted by molar-refractivity contribution is 0.0411. The third-order valence-corrected chi connectivity index (χ3v) is 5.69. The Balaban J connectivity index is 2.04. The minimum absolute atomic E-state index is 0.0825. The summed E-state index contributed by atoms with van der Waals surface area (Å²) in [6.45, 7) is 8.37. The Morgan fingerprint density at radius 3 is 2.41 bits per heavy atom. The molecule has 27 heavy (non-hydrogen) atoms. The molecule has 1 atom stereocenters. The number of benzene rings is 1. The fourth-order valence-electron chi connectivity index (χ4n) is 3.64. The summed E-state index contributed by atoms with van der Waals surface area (Å²) in [7, 11) is 0. The predicted octanol–water partition coefficient (Wildman–Crippen LogP) is 4.18. The molecule has 0 aromatic heterocycles. The van der Waals surface area contributed by atoms with Gasteiger partial charge in [-0.2, -0.15) is 0 Å². The minimum atomic E-state index is -0.0825. The molecule has 1 fully saturated rings. The molecule has 1 aliphatic rings. The Labute approximate surface area is 163 Å². The zero-order valence-corrected chi connectivity index (χ0v) is 17.1. The highest BCUT2D eigenvalue weighted by atomic mass is 16.5. The highest BCUT2D eigenvalue weighted by Gasteiger charge is 2.41. The van der Waals surface area contributed by atoms with Crippen LogP contribution >= 0.6 is 0 Å². The first-order chi connectivity index (χ1) is 13.1. The number of ether oxygens (including phenoxy) is 2. The van der Waals surface area contributed by atoms with Crippen molar-refractivity contribution in [1.29, 1.82) is 0 Å². The van der Waals surface area contributed by atoms with Crippen LogP contribution in [-0.4, -0.2) is 37.4 Å². The monoisotopic (exact) mass is 377 g/mol. The number of hydrogen-bond acceptors (Lipinski definition) is 4. The van der Waals surface area contributed by atoms with E-state index in [-0.39, 0.29) is 17.9 Å². The van der Waals surface area contributed by atoms with Gasteiger partial charge in [0.05, 0.1) is 13.2 Å². The Hall–Kier alpha value is -1.75. The van der Waals surface area contributed by atoms with Crippen molar-refractivity contribution in [3.63, 3.8) is 0 Å². The lowest BCUT2D eigenvalue weighted by Crippen LogP contribution is -2.46. The minimum Gasteiger partial charge on any atom is -0.490 e. The fraction of sp³-hybridized carbons (Fsp3) is 0.682. The highest BCUT2D eigenvalue weighted by molar-refractivity contribution is 5.94. The smallest absolute Gasteiger partial charge is 0.251 e. The van der Waals surface area contributed by atoms with Gasteiger partial charge in [-0.3, -0.25) is 4.79 Å². The van der Waals surface area contributed by atoms with Crippen molar-refractivity contribution in [1.82, 2.24) is 5.32 Å². The van der Waals surface area contributed by atoms with Crippen LogP contribution in [0.1, 0.15) is 69.7 Å². The van der Waals surface area contributed by atoms with Crippen LogP contribution in [0.5, 0.6) is 11.5 Å². The van der Waals surface area contributed by atoms with E-state index in [2.05, 4.69) is 26.1 Å². The molecule has 1 amide bonds. The van der Waals surface area contributed by atoms with Gasteiger partial charge in [-0.25, -0.2) is 0 Å². The molecule has 0 heterocycles. The first-order valence-corrected chi connectivity index (χ1v) is 10.3. The molecule has 0 saturated heterocycles. The third-order valence-electron chi connectivity index (χ3n) is 5.69. The molecule has 152 valence electrons. The van der Waals surface area contributed by atoms with E-state index in [1.807, 2.05) is 6.07 Å². The van der Waals surface area contributed by atoms with E-state index in [4.69, 9.17) is 9.47 Å². The van der Waals surface area contributed by atoms with Gasteiger partial charge in [0.15, 0.2) is 11.5 Å². The summed E-state index contributed by atoms with van der Waals surface area (Å²) in [4.78, 5) is 12.7. The van der Waals surface area contributed by atoms with Crippen molar-refractivity contribution in [2.45, 2.75) is 59.3 Å². The van der Waals surface area contributed by atoms with E-state index in [1.54, 1.807) is 12.1 Å². The number of carbonyl (C=O) groups excluding carboxylic acids is 1. The topological polar surface area (TPSA) is 67.8 Å². The van der Waals surface area contributed by atoms with Gasteiger partial charge in [-0.1, -0.05) is 27.2 Å². The number of aliphatic hydroxyl groups excluding tert-OH is 1. The third kappa shape index (κ3) is 5.61. The van der Waals surface area contributed by atoms with Crippen molar-refractivity contribution in [2.24, 2.45) is 11.3 Å². The molecule has 2 N–H and O–H groups in total. The Bertz CT molecular complexity index is 598. The van der Waals surface area contributed by atoms with Crippen molar-refractivity contribution < 1.29 is 19.4 Å². The Morgan fingerprint density at radius 1 is 1.19 bits per heavy atom. The van der Waals surface area contributed by atoms with E-state index in [0.717, 1.165) is 32.1 Å². The second-order valence-electron chi connectivity index (χ2n) is 7.67. The van der Waals surface area contributed by atoms with Crippen LogP contribution in [0.15, 0.2) is 18.2 Å². The molecular formula is C22H35NO4. The van der Waals surface area contributed by atoms with E-state index < -0.39 is 0 Å². The van der Waals surface area contributed by atoms with E-state index in [9.17, 15) is 9.90 Å². The van der Waals surface area contributed by atoms with Crippen LogP contribution in [0.3, 0.4) is 0 Å². The molecule has 0 spiro atoms. The number of amides is 1. The fourth-order valence-corrected chi connectivity index (χ4v) is 3.64. The van der Waals surface area contributed by atoms with Gasteiger partial charge >= 0.3 is 0 Å². The maximum absolute atomic E-state index is 12.7. The molecule has 5 heteroatoms. The number of carbonyl (C=O) groups is 1. The summed E-state index contributed by atoms with van der Waals surface area (Å²) in [6.07, 6.45) is 6.03. The second-order valence-corrected chi connectivity index (χ2v) is 7.67. The SMILES string of the molecule is CCCOc1ccc(C(=O)NCC2([C@H](C)CCO)CCC2)cc1OCCC. The van der Waals surface area contributed by atoms with Gasteiger partial charge in [-0.05, 0) is 61.6 Å². The zero-order chi connectivity index (χ0) is 19.7. The Morgan fingerprint density at radius 2 is 1.85 bits per heavy atom. The second kappa shape index (κ2) is 10.5. The van der Waals surface area contributed by atoms with Crippen LogP contribution in [0.25, 0.3) is 0 Å². The van der Waals surface area contributed by atoms with Crippen LogP contribution in [0.2, 0.25) is 0 Å². The molecule has 1 aliphatic carbocycles. The summed E-state index contributed by atoms with van der Waals surface area (Å²) >= 11 is 0. The molecule has 1 aromatic carbocycles. The van der Waals surface area contributed by atoms with E-state index in [0.29, 0.717) is 42.7 Å². The van der Waals surface area contributed by atoms with Crippen LogP contribution in [0, 0.1) is 11.3 Å². The molecular weight excluding hydrogens is 342 g/mol. The maximum Gasteiger partial charge on any atom is 0.251 e. The maximum atomic E-state index is 12.7. The summed E-state index contributed by atoms with van der Waals surface area (Å²) in [5.74, 6) is 1.64. The highest BCUT2D eigenvalue weighted by Crippen LogP contribution is 2.47. The molecule has 0 bridgehead atoms. The number of hydrogen-bond donors (Lipinski definition) is 2. The molecule has 2 rings (SSSR count). The van der Waals surface area contributed by atoms with Crippen molar-refractivity contribution in [2.75, 3.05) is 26.4 Å². The first kappa shape index (κ1) is 21.5. The van der Waals surface area contributed by atoms with Gasteiger partial charge in [0.1, 0.15) is 0 Å². The largest absolute Gasteiger partial charge is 0.490 e. The lowest BCUT2D eigenvalue weighted by Gasteiger charge is -2.47.